The Bertz CT molecular complexity index is 449. The molecule has 1 atom stereocenters. The van der Waals surface area contributed by atoms with Gasteiger partial charge in [0.1, 0.15) is 11.6 Å². The molecule has 1 aromatic carbocycles. The summed E-state index contributed by atoms with van der Waals surface area (Å²) < 4.78 is 5.31. The standard InChI is InChI=1S/C16H25NO2/c1-10-7-11(2)13(12(3)8-10)9-14(17)15(18)19-16(4,5)6/h7-8,14H,9,17H2,1-6H3. The van der Waals surface area contributed by atoms with E-state index in [9.17, 15) is 4.79 Å². The summed E-state index contributed by atoms with van der Waals surface area (Å²) in [5.74, 6) is -0.341. The van der Waals surface area contributed by atoms with E-state index >= 15 is 0 Å². The highest BCUT2D eigenvalue weighted by atomic mass is 16.6. The Labute approximate surface area is 116 Å². The monoisotopic (exact) mass is 263 g/mol. The molecule has 0 spiro atoms. The average Bonchev–Trinajstić information content (AvgIpc) is 2.20. The van der Waals surface area contributed by atoms with Crippen molar-refractivity contribution in [3.8, 4) is 0 Å². The number of carbonyl (C=O) groups excluding carboxylic acids is 1. The summed E-state index contributed by atoms with van der Waals surface area (Å²) in [6, 6.07) is 3.62. The van der Waals surface area contributed by atoms with Crippen molar-refractivity contribution in [2.75, 3.05) is 0 Å². The van der Waals surface area contributed by atoms with Crippen LogP contribution in [0.1, 0.15) is 43.0 Å². The van der Waals surface area contributed by atoms with Crippen molar-refractivity contribution in [1.29, 1.82) is 0 Å². The summed E-state index contributed by atoms with van der Waals surface area (Å²) in [6.45, 7) is 11.7. The minimum atomic E-state index is -0.612. The van der Waals surface area contributed by atoms with Crippen molar-refractivity contribution in [3.05, 3.63) is 34.4 Å². The van der Waals surface area contributed by atoms with Crippen LogP contribution in [0.4, 0.5) is 0 Å². The van der Waals surface area contributed by atoms with Crippen LogP contribution in [0.15, 0.2) is 12.1 Å². The Morgan fingerprint density at radius 1 is 1.21 bits per heavy atom. The predicted octanol–water partition coefficient (Wildman–Crippen LogP) is 2.82. The zero-order valence-electron chi connectivity index (χ0n) is 12.8. The van der Waals surface area contributed by atoms with Crippen LogP contribution in [-0.2, 0) is 16.0 Å². The third kappa shape index (κ3) is 4.67. The lowest BCUT2D eigenvalue weighted by Crippen LogP contribution is -2.39. The van der Waals surface area contributed by atoms with E-state index in [1.165, 1.54) is 16.7 Å². The molecule has 0 bridgehead atoms. The predicted molar refractivity (Wildman–Crippen MR) is 78.2 cm³/mol. The highest BCUT2D eigenvalue weighted by Gasteiger charge is 2.23. The van der Waals surface area contributed by atoms with E-state index in [0.29, 0.717) is 6.42 Å². The van der Waals surface area contributed by atoms with E-state index in [0.717, 1.165) is 5.56 Å². The Balaban J connectivity index is 2.83. The fourth-order valence-electron chi connectivity index (χ4n) is 2.21. The average molecular weight is 263 g/mol. The smallest absolute Gasteiger partial charge is 0.323 e. The maximum Gasteiger partial charge on any atom is 0.323 e. The van der Waals surface area contributed by atoms with Crippen molar-refractivity contribution >= 4 is 5.97 Å². The third-order valence-electron chi connectivity index (χ3n) is 2.97. The second-order valence-electron chi connectivity index (χ2n) is 6.22. The fourth-order valence-corrected chi connectivity index (χ4v) is 2.21. The molecule has 3 heteroatoms. The van der Waals surface area contributed by atoms with Gasteiger partial charge >= 0.3 is 5.97 Å². The van der Waals surface area contributed by atoms with Crippen LogP contribution in [0.2, 0.25) is 0 Å². The zero-order valence-corrected chi connectivity index (χ0v) is 12.8. The zero-order chi connectivity index (χ0) is 14.8. The highest BCUT2D eigenvalue weighted by molar-refractivity contribution is 5.76. The van der Waals surface area contributed by atoms with Gasteiger partial charge < -0.3 is 10.5 Å². The highest BCUT2D eigenvalue weighted by Crippen LogP contribution is 2.18. The number of aryl methyl sites for hydroxylation is 3. The van der Waals surface area contributed by atoms with E-state index < -0.39 is 11.6 Å². The molecule has 0 saturated carbocycles. The summed E-state index contributed by atoms with van der Waals surface area (Å²) in [5.41, 5.74) is 10.2. The van der Waals surface area contributed by atoms with Crippen LogP contribution in [0, 0.1) is 20.8 Å². The molecule has 1 aromatic rings. The minimum absolute atomic E-state index is 0.341. The van der Waals surface area contributed by atoms with E-state index in [1.807, 2.05) is 20.8 Å². The Kier molecular flexibility index (Phi) is 4.75. The fraction of sp³-hybridized carbons (Fsp3) is 0.562. The SMILES string of the molecule is Cc1cc(C)c(CC(N)C(=O)OC(C)(C)C)c(C)c1. The van der Waals surface area contributed by atoms with E-state index in [4.69, 9.17) is 10.5 Å². The van der Waals surface area contributed by atoms with Gasteiger partial charge in [0.05, 0.1) is 0 Å². The second kappa shape index (κ2) is 5.74. The molecule has 2 N–H and O–H groups in total. The maximum atomic E-state index is 11.9. The number of hydrogen-bond acceptors (Lipinski definition) is 3. The maximum absolute atomic E-state index is 11.9. The van der Waals surface area contributed by atoms with Crippen molar-refractivity contribution in [1.82, 2.24) is 0 Å². The molecule has 106 valence electrons. The molecule has 0 heterocycles. The van der Waals surface area contributed by atoms with Gasteiger partial charge in [-0.05, 0) is 64.7 Å². The van der Waals surface area contributed by atoms with Gasteiger partial charge in [0.2, 0.25) is 0 Å². The van der Waals surface area contributed by atoms with Crippen LogP contribution in [-0.4, -0.2) is 17.6 Å². The first-order valence-electron chi connectivity index (χ1n) is 6.65. The van der Waals surface area contributed by atoms with Crippen LogP contribution < -0.4 is 5.73 Å². The minimum Gasteiger partial charge on any atom is -0.459 e. The first-order valence-corrected chi connectivity index (χ1v) is 6.65. The van der Waals surface area contributed by atoms with Crippen LogP contribution in [0.25, 0.3) is 0 Å². The van der Waals surface area contributed by atoms with E-state index in [2.05, 4.69) is 32.9 Å². The third-order valence-corrected chi connectivity index (χ3v) is 2.97. The van der Waals surface area contributed by atoms with E-state index in [-0.39, 0.29) is 5.97 Å². The Morgan fingerprint density at radius 2 is 1.68 bits per heavy atom. The largest absolute Gasteiger partial charge is 0.459 e. The molecular formula is C16H25NO2. The van der Waals surface area contributed by atoms with Crippen LogP contribution in [0.3, 0.4) is 0 Å². The van der Waals surface area contributed by atoms with Crippen LogP contribution >= 0.6 is 0 Å². The molecule has 0 aliphatic heterocycles. The van der Waals surface area contributed by atoms with Gasteiger partial charge in [-0.15, -0.1) is 0 Å². The van der Waals surface area contributed by atoms with E-state index in [1.54, 1.807) is 0 Å². The van der Waals surface area contributed by atoms with Gasteiger partial charge in [0, 0.05) is 0 Å². The first-order chi connectivity index (χ1) is 8.60. The number of nitrogens with two attached hydrogens (primary N) is 1. The molecule has 0 aromatic heterocycles. The Hall–Kier alpha value is -1.35. The van der Waals surface area contributed by atoms with Crippen molar-refractivity contribution < 1.29 is 9.53 Å². The number of carbonyl (C=O) groups is 1. The van der Waals surface area contributed by atoms with Crippen molar-refractivity contribution in [2.45, 2.75) is 59.6 Å². The Morgan fingerprint density at radius 3 is 2.11 bits per heavy atom. The lowest BCUT2D eigenvalue weighted by molar-refractivity contribution is -0.156. The topological polar surface area (TPSA) is 52.3 Å². The number of rotatable bonds is 3. The molecule has 1 unspecified atom stereocenters. The molecule has 3 nitrogen and oxygen atoms in total. The molecule has 0 aliphatic carbocycles. The van der Waals surface area contributed by atoms with Gasteiger partial charge in [0.15, 0.2) is 0 Å². The molecule has 0 fully saturated rings. The van der Waals surface area contributed by atoms with Gasteiger partial charge in [-0.3, -0.25) is 4.79 Å². The van der Waals surface area contributed by atoms with Gasteiger partial charge in [0.25, 0.3) is 0 Å². The second-order valence-corrected chi connectivity index (χ2v) is 6.22. The summed E-state index contributed by atoms with van der Waals surface area (Å²) in [6.07, 6.45) is 0.521. The molecule has 0 radical (unpaired) electrons. The van der Waals surface area contributed by atoms with Gasteiger partial charge in [-0.2, -0.15) is 0 Å². The van der Waals surface area contributed by atoms with Gasteiger partial charge in [-0.1, -0.05) is 17.7 Å². The number of ether oxygens (including phenoxy) is 1. The van der Waals surface area contributed by atoms with Crippen molar-refractivity contribution in [3.63, 3.8) is 0 Å². The normalized spacial score (nSPS) is 13.2. The number of esters is 1. The van der Waals surface area contributed by atoms with Crippen LogP contribution in [0.5, 0.6) is 0 Å². The first kappa shape index (κ1) is 15.7. The molecule has 0 amide bonds. The van der Waals surface area contributed by atoms with Gasteiger partial charge in [-0.25, -0.2) is 0 Å². The molecule has 19 heavy (non-hydrogen) atoms. The molecular weight excluding hydrogens is 238 g/mol. The number of hydrogen-bond donors (Lipinski definition) is 1. The van der Waals surface area contributed by atoms with Crippen molar-refractivity contribution in [2.24, 2.45) is 5.73 Å². The summed E-state index contributed by atoms with van der Waals surface area (Å²) >= 11 is 0. The lowest BCUT2D eigenvalue weighted by Gasteiger charge is -2.23. The molecule has 1 rings (SSSR count). The molecule has 0 saturated heterocycles. The quantitative estimate of drug-likeness (QED) is 0.853. The lowest BCUT2D eigenvalue weighted by atomic mass is 9.94. The summed E-state index contributed by atoms with van der Waals surface area (Å²) in [7, 11) is 0. The molecule has 0 aliphatic rings. The number of benzene rings is 1. The summed E-state index contributed by atoms with van der Waals surface area (Å²) in [5, 5.41) is 0. The summed E-state index contributed by atoms with van der Waals surface area (Å²) in [4.78, 5) is 11.9.